The van der Waals surface area contributed by atoms with Crippen LogP contribution in [0.1, 0.15) is 46.7 Å². The first kappa shape index (κ1) is 31.7. The highest BCUT2D eigenvalue weighted by Gasteiger charge is 2.54. The minimum Gasteiger partial charge on any atom is -0.477 e. The van der Waals surface area contributed by atoms with Gasteiger partial charge in [0.15, 0.2) is 10.8 Å². The number of nitrogens with one attached hydrogen (secondary N) is 2. The molecule has 17 heteroatoms. The molecule has 2 aliphatic heterocycles. The first-order chi connectivity index (χ1) is 19.2. The zero-order valence-electron chi connectivity index (χ0n) is 23.1. The molecule has 1 fully saturated rings. The van der Waals surface area contributed by atoms with Crippen LogP contribution in [-0.4, -0.2) is 92.6 Å². The normalized spacial score (nSPS) is 19.5. The monoisotopic (exact) mass is 612 g/mol. The molecule has 3 amide bonds. The number of oxime groups is 1. The standard InChI is InChI=1S/C24H32N6O9S2/c1-6-13(7-26-23(36)38-24(3,4)5)39-29-15(14-10-41-22(25)27-14)18(32)28-16-19(33)30-17(21(34)35)12(8-37-11(2)31)9-40-20(16)30/h10,13,16,20H,6-9H2,1-5H3,(H2,25,27)(H,26,36)(H,28,32)(H,34,35)/t13?,16-,20-/m1/s1. The summed E-state index contributed by atoms with van der Waals surface area (Å²) < 4.78 is 10.1. The Morgan fingerprint density at radius 1 is 1.32 bits per heavy atom. The average molecular weight is 613 g/mol. The number of carboxylic acid groups (broad SMARTS) is 1. The molecule has 0 radical (unpaired) electrons. The number of carbonyl (C=O) groups excluding carboxylic acids is 4. The molecule has 0 bridgehead atoms. The molecule has 0 aromatic carbocycles. The number of nitrogens with zero attached hydrogens (tertiary/aromatic N) is 3. The molecule has 5 N–H and O–H groups in total. The van der Waals surface area contributed by atoms with E-state index in [2.05, 4.69) is 20.8 Å². The third-order valence-corrected chi connectivity index (χ3v) is 7.60. The van der Waals surface area contributed by atoms with E-state index in [1.807, 2.05) is 0 Å². The molecular weight excluding hydrogens is 580 g/mol. The first-order valence-corrected chi connectivity index (χ1v) is 14.4. The smallest absolute Gasteiger partial charge is 0.407 e. The van der Waals surface area contributed by atoms with Crippen molar-refractivity contribution in [2.75, 3.05) is 24.6 Å². The quantitative estimate of drug-likeness (QED) is 0.120. The summed E-state index contributed by atoms with van der Waals surface area (Å²) in [6.07, 6.45) is -0.852. The first-order valence-electron chi connectivity index (χ1n) is 12.5. The molecule has 3 atom stereocenters. The van der Waals surface area contributed by atoms with Crippen LogP contribution in [0.2, 0.25) is 0 Å². The van der Waals surface area contributed by atoms with E-state index in [9.17, 15) is 29.1 Å². The summed E-state index contributed by atoms with van der Waals surface area (Å²) in [5, 5.41) is 19.8. The van der Waals surface area contributed by atoms with Crippen LogP contribution in [0, 0.1) is 0 Å². The summed E-state index contributed by atoms with van der Waals surface area (Å²) in [5.41, 5.74) is 4.89. The molecule has 0 spiro atoms. The summed E-state index contributed by atoms with van der Waals surface area (Å²) in [6.45, 7) is 7.95. The lowest BCUT2D eigenvalue weighted by Crippen LogP contribution is -2.71. The van der Waals surface area contributed by atoms with Gasteiger partial charge in [0.1, 0.15) is 41.1 Å². The van der Waals surface area contributed by atoms with Crippen LogP contribution >= 0.6 is 23.1 Å². The number of thiazole rings is 1. The predicted octanol–water partition coefficient (Wildman–Crippen LogP) is 1.05. The summed E-state index contributed by atoms with van der Waals surface area (Å²) in [7, 11) is 0. The number of hydrogen-bond acceptors (Lipinski definition) is 13. The van der Waals surface area contributed by atoms with Crippen LogP contribution < -0.4 is 16.4 Å². The van der Waals surface area contributed by atoms with E-state index in [1.54, 1.807) is 27.7 Å². The Morgan fingerprint density at radius 3 is 2.59 bits per heavy atom. The van der Waals surface area contributed by atoms with E-state index in [-0.39, 0.29) is 46.7 Å². The number of anilines is 1. The van der Waals surface area contributed by atoms with Crippen LogP contribution in [0.25, 0.3) is 0 Å². The van der Waals surface area contributed by atoms with E-state index >= 15 is 0 Å². The second-order valence-electron chi connectivity index (χ2n) is 9.93. The largest absolute Gasteiger partial charge is 0.477 e. The molecule has 2 aliphatic rings. The van der Waals surface area contributed by atoms with Crippen molar-refractivity contribution >= 4 is 63.8 Å². The minimum atomic E-state index is -1.35. The number of thioether (sulfide) groups is 1. The SMILES string of the molecule is CCC(CNC(=O)OC(C)(C)C)ON=C(C(=O)N[C@@H]1C(=O)N2C(C(=O)O)=C(COC(C)=O)CS[C@H]12)c1csc(N)n1. The molecule has 0 aliphatic carbocycles. The maximum absolute atomic E-state index is 13.3. The van der Waals surface area contributed by atoms with Crippen LogP contribution in [0.5, 0.6) is 0 Å². The maximum atomic E-state index is 13.3. The summed E-state index contributed by atoms with van der Waals surface area (Å²) >= 11 is 2.28. The van der Waals surface area contributed by atoms with Gasteiger partial charge in [-0.25, -0.2) is 14.6 Å². The fourth-order valence-electron chi connectivity index (χ4n) is 3.69. The van der Waals surface area contributed by atoms with Gasteiger partial charge in [-0.1, -0.05) is 12.1 Å². The number of carboxylic acids is 1. The van der Waals surface area contributed by atoms with Crippen molar-refractivity contribution in [2.45, 2.75) is 64.2 Å². The van der Waals surface area contributed by atoms with Crippen molar-refractivity contribution in [3.8, 4) is 0 Å². The number of amides is 3. The highest BCUT2D eigenvalue weighted by Crippen LogP contribution is 2.40. The third-order valence-electron chi connectivity index (χ3n) is 5.59. The van der Waals surface area contributed by atoms with Gasteiger partial charge in [-0.15, -0.1) is 23.1 Å². The molecule has 41 heavy (non-hydrogen) atoms. The van der Waals surface area contributed by atoms with E-state index in [0.717, 1.165) is 16.2 Å². The second kappa shape index (κ2) is 13.2. The Balaban J connectivity index is 1.74. The fraction of sp³-hybridized carbons (Fsp3) is 0.542. The lowest BCUT2D eigenvalue weighted by Gasteiger charge is -2.49. The second-order valence-corrected chi connectivity index (χ2v) is 11.9. The van der Waals surface area contributed by atoms with E-state index in [4.69, 9.17) is 20.0 Å². The molecule has 15 nitrogen and oxygen atoms in total. The van der Waals surface area contributed by atoms with Crippen LogP contribution in [0.4, 0.5) is 9.93 Å². The molecule has 1 unspecified atom stereocenters. The Kier molecular flexibility index (Phi) is 10.2. The van der Waals surface area contributed by atoms with E-state index in [0.29, 0.717) is 6.42 Å². The molecular formula is C24H32N6O9S2. The average Bonchev–Trinajstić information content (AvgIpc) is 3.31. The van der Waals surface area contributed by atoms with Crippen molar-refractivity contribution in [3.05, 3.63) is 22.3 Å². The number of ether oxygens (including phenoxy) is 2. The Bertz CT molecular complexity index is 1270. The van der Waals surface area contributed by atoms with Crippen molar-refractivity contribution in [2.24, 2.45) is 5.16 Å². The van der Waals surface area contributed by atoms with Gasteiger partial charge in [-0.2, -0.15) is 0 Å². The van der Waals surface area contributed by atoms with Crippen molar-refractivity contribution in [1.29, 1.82) is 0 Å². The van der Waals surface area contributed by atoms with Crippen LogP contribution in [0.3, 0.4) is 0 Å². The molecule has 1 aromatic rings. The van der Waals surface area contributed by atoms with Gasteiger partial charge < -0.3 is 35.8 Å². The van der Waals surface area contributed by atoms with Gasteiger partial charge in [0.2, 0.25) is 0 Å². The number of β-lactam (4-membered cyclic amide) rings is 1. The van der Waals surface area contributed by atoms with E-state index < -0.39 is 53.0 Å². The lowest BCUT2D eigenvalue weighted by atomic mass is 10.0. The Labute approximate surface area is 243 Å². The number of hydrogen-bond donors (Lipinski definition) is 4. The summed E-state index contributed by atoms with van der Waals surface area (Å²) in [4.78, 5) is 72.1. The van der Waals surface area contributed by atoms with Crippen LogP contribution in [-0.2, 0) is 33.5 Å². The molecule has 0 saturated carbocycles. The van der Waals surface area contributed by atoms with Gasteiger partial charge in [0, 0.05) is 23.6 Å². The number of esters is 1. The number of rotatable bonds is 11. The predicted molar refractivity (Wildman–Crippen MR) is 149 cm³/mol. The lowest BCUT2D eigenvalue weighted by molar-refractivity contribution is -0.150. The summed E-state index contributed by atoms with van der Waals surface area (Å²) in [5.74, 6) is -3.22. The minimum absolute atomic E-state index is 0.0395. The van der Waals surface area contributed by atoms with E-state index in [1.165, 1.54) is 24.1 Å². The van der Waals surface area contributed by atoms with Gasteiger partial charge in [0.25, 0.3) is 11.8 Å². The summed E-state index contributed by atoms with van der Waals surface area (Å²) in [6, 6.07) is -1.06. The number of nitrogen functional groups attached to an aromatic ring is 1. The highest BCUT2D eigenvalue weighted by molar-refractivity contribution is 8.00. The van der Waals surface area contributed by atoms with Crippen LogP contribution in [0.15, 0.2) is 21.8 Å². The molecule has 3 heterocycles. The van der Waals surface area contributed by atoms with Gasteiger partial charge in [-0.3, -0.25) is 19.3 Å². The van der Waals surface area contributed by atoms with Gasteiger partial charge in [0.05, 0.1) is 6.54 Å². The maximum Gasteiger partial charge on any atom is 0.407 e. The number of aromatic nitrogens is 1. The third kappa shape index (κ3) is 8.09. The highest BCUT2D eigenvalue weighted by atomic mass is 32.2. The molecule has 3 rings (SSSR count). The van der Waals surface area contributed by atoms with Crippen molar-refractivity contribution < 1.29 is 43.4 Å². The Morgan fingerprint density at radius 2 is 2.02 bits per heavy atom. The number of fused-ring (bicyclic) bond motifs is 1. The van der Waals surface area contributed by atoms with Gasteiger partial charge in [-0.05, 0) is 27.2 Å². The zero-order valence-corrected chi connectivity index (χ0v) is 24.7. The molecule has 1 saturated heterocycles. The number of carbonyl (C=O) groups is 5. The molecule has 1 aromatic heterocycles. The van der Waals surface area contributed by atoms with Crippen molar-refractivity contribution in [1.82, 2.24) is 20.5 Å². The van der Waals surface area contributed by atoms with Crippen molar-refractivity contribution in [3.63, 3.8) is 0 Å². The van der Waals surface area contributed by atoms with Gasteiger partial charge >= 0.3 is 18.0 Å². The number of nitrogens with two attached hydrogens (primary N) is 1. The fourth-order valence-corrected chi connectivity index (χ4v) is 5.56. The number of aliphatic carboxylic acids is 1. The zero-order chi connectivity index (χ0) is 30.5. The number of alkyl carbamates (subject to hydrolysis) is 1. The Hall–Kier alpha value is -3.86. The molecule has 224 valence electrons. The topological polar surface area (TPSA) is 212 Å².